The predicted octanol–water partition coefficient (Wildman–Crippen LogP) is 2.66. The fraction of sp³-hybridized carbons (Fsp3) is 0.722. The molecule has 1 fully saturated rings. The Bertz CT molecular complexity index is 609. The van der Waals surface area contributed by atoms with Crippen molar-refractivity contribution in [2.75, 3.05) is 19.6 Å². The lowest BCUT2D eigenvalue weighted by atomic mass is 9.94. The van der Waals surface area contributed by atoms with E-state index >= 15 is 0 Å². The van der Waals surface area contributed by atoms with Gasteiger partial charge in [-0.2, -0.15) is 0 Å². The number of aliphatic imine (C=N–C) groups is 1. The molecule has 1 unspecified atom stereocenters. The minimum Gasteiger partial charge on any atom is -0.443 e. The molecule has 7 nitrogen and oxygen atoms in total. The molecule has 0 saturated carbocycles. The predicted molar refractivity (Wildman–Crippen MR) is 114 cm³/mol. The molecule has 1 amide bonds. The summed E-state index contributed by atoms with van der Waals surface area (Å²) >= 11 is 0. The Balaban J connectivity index is 0.00000338. The van der Waals surface area contributed by atoms with E-state index in [-0.39, 0.29) is 41.3 Å². The van der Waals surface area contributed by atoms with Gasteiger partial charge in [0.05, 0.1) is 6.20 Å². The molecule has 26 heavy (non-hydrogen) atoms. The van der Waals surface area contributed by atoms with Crippen LogP contribution in [0.4, 0.5) is 0 Å². The van der Waals surface area contributed by atoms with Crippen LogP contribution in [0.2, 0.25) is 0 Å². The number of aromatic nitrogens is 1. The van der Waals surface area contributed by atoms with Gasteiger partial charge in [0.25, 0.3) is 0 Å². The topological polar surface area (TPSA) is 82.8 Å². The zero-order chi connectivity index (χ0) is 18.4. The van der Waals surface area contributed by atoms with Gasteiger partial charge in [-0.15, -0.1) is 24.0 Å². The van der Waals surface area contributed by atoms with Crippen molar-refractivity contribution >= 4 is 35.8 Å². The molecule has 0 bridgehead atoms. The summed E-state index contributed by atoms with van der Waals surface area (Å²) in [5.41, 5.74) is -0.0587. The molecule has 0 aliphatic carbocycles. The quantitative estimate of drug-likeness (QED) is 0.387. The van der Waals surface area contributed by atoms with Crippen molar-refractivity contribution in [3.8, 4) is 0 Å². The largest absolute Gasteiger partial charge is 0.443 e. The van der Waals surface area contributed by atoms with E-state index in [0.29, 0.717) is 18.9 Å². The van der Waals surface area contributed by atoms with Crippen molar-refractivity contribution in [2.45, 2.75) is 65.5 Å². The monoisotopic (exact) mass is 477 g/mol. The van der Waals surface area contributed by atoms with Gasteiger partial charge in [0.15, 0.2) is 5.96 Å². The standard InChI is InChI=1S/C18H31N5O2.HI/c1-6-16(24)23-9-8-13(12-23)22-17(19-7-2)21-11-15-20-10-14(25-15)18(3,4)5;/h10,13H,6-9,11-12H2,1-5H3,(H2,19,21,22);1H. The van der Waals surface area contributed by atoms with E-state index in [0.717, 1.165) is 37.8 Å². The number of rotatable bonds is 5. The first-order valence-corrected chi connectivity index (χ1v) is 9.11. The highest BCUT2D eigenvalue weighted by atomic mass is 127. The Labute approximate surface area is 173 Å². The summed E-state index contributed by atoms with van der Waals surface area (Å²) in [6.45, 7) is 12.9. The summed E-state index contributed by atoms with van der Waals surface area (Å²) in [5, 5.41) is 6.65. The van der Waals surface area contributed by atoms with Gasteiger partial charge < -0.3 is 20.0 Å². The van der Waals surface area contributed by atoms with Crippen LogP contribution in [0, 0.1) is 0 Å². The molecule has 2 heterocycles. The summed E-state index contributed by atoms with van der Waals surface area (Å²) in [5.74, 6) is 2.41. The van der Waals surface area contributed by atoms with Crippen molar-refractivity contribution in [2.24, 2.45) is 4.99 Å². The number of hydrogen-bond acceptors (Lipinski definition) is 4. The third-order valence-electron chi connectivity index (χ3n) is 4.19. The lowest BCUT2D eigenvalue weighted by Gasteiger charge is -2.18. The zero-order valence-corrected chi connectivity index (χ0v) is 18.8. The smallest absolute Gasteiger partial charge is 0.222 e. The summed E-state index contributed by atoms with van der Waals surface area (Å²) in [4.78, 5) is 22.6. The fourth-order valence-corrected chi connectivity index (χ4v) is 2.72. The molecule has 0 aromatic carbocycles. The molecule has 1 aliphatic heterocycles. The van der Waals surface area contributed by atoms with E-state index in [1.54, 1.807) is 6.20 Å². The third-order valence-corrected chi connectivity index (χ3v) is 4.19. The molecule has 148 valence electrons. The number of amides is 1. The van der Waals surface area contributed by atoms with Crippen LogP contribution >= 0.6 is 24.0 Å². The average molecular weight is 477 g/mol. The summed E-state index contributed by atoms with van der Waals surface area (Å²) < 4.78 is 5.78. The summed E-state index contributed by atoms with van der Waals surface area (Å²) in [6.07, 6.45) is 3.26. The highest BCUT2D eigenvalue weighted by molar-refractivity contribution is 14.0. The van der Waals surface area contributed by atoms with E-state index in [9.17, 15) is 4.79 Å². The number of hydrogen-bond donors (Lipinski definition) is 2. The number of carbonyl (C=O) groups excluding carboxylic acids is 1. The van der Waals surface area contributed by atoms with Crippen LogP contribution in [-0.4, -0.2) is 47.4 Å². The first-order valence-electron chi connectivity index (χ1n) is 9.11. The maximum absolute atomic E-state index is 11.8. The van der Waals surface area contributed by atoms with Crippen LogP contribution in [0.25, 0.3) is 0 Å². The van der Waals surface area contributed by atoms with Gasteiger partial charge in [0, 0.05) is 37.5 Å². The molecule has 1 aliphatic rings. The second-order valence-electron chi connectivity index (χ2n) is 7.39. The highest BCUT2D eigenvalue weighted by Gasteiger charge is 2.26. The van der Waals surface area contributed by atoms with Crippen LogP contribution < -0.4 is 10.6 Å². The molecular weight excluding hydrogens is 445 g/mol. The van der Waals surface area contributed by atoms with Crippen LogP contribution in [0.5, 0.6) is 0 Å². The molecule has 2 rings (SSSR count). The number of guanidine groups is 1. The van der Waals surface area contributed by atoms with Crippen LogP contribution in [-0.2, 0) is 16.8 Å². The normalized spacial score (nSPS) is 17.8. The minimum atomic E-state index is -0.0587. The van der Waals surface area contributed by atoms with E-state index < -0.39 is 0 Å². The summed E-state index contributed by atoms with van der Waals surface area (Å²) in [7, 11) is 0. The molecule has 1 aromatic rings. The molecule has 0 spiro atoms. The Morgan fingerprint density at radius 2 is 2.15 bits per heavy atom. The summed E-state index contributed by atoms with van der Waals surface area (Å²) in [6, 6.07) is 0.225. The Morgan fingerprint density at radius 1 is 1.42 bits per heavy atom. The molecule has 2 N–H and O–H groups in total. The number of halogens is 1. The van der Waals surface area contributed by atoms with Crippen LogP contribution in [0.3, 0.4) is 0 Å². The van der Waals surface area contributed by atoms with Crippen molar-refractivity contribution in [3.63, 3.8) is 0 Å². The second kappa shape index (κ2) is 10.1. The molecule has 0 radical (unpaired) electrons. The number of nitrogens with one attached hydrogen (secondary N) is 2. The molecule has 1 saturated heterocycles. The fourth-order valence-electron chi connectivity index (χ4n) is 2.72. The van der Waals surface area contributed by atoms with Gasteiger partial charge in [0.2, 0.25) is 11.8 Å². The first-order chi connectivity index (χ1) is 11.8. The van der Waals surface area contributed by atoms with Gasteiger partial charge >= 0.3 is 0 Å². The Morgan fingerprint density at radius 3 is 2.73 bits per heavy atom. The van der Waals surface area contributed by atoms with Crippen molar-refractivity contribution in [1.82, 2.24) is 20.5 Å². The van der Waals surface area contributed by atoms with E-state index in [2.05, 4.69) is 41.4 Å². The lowest BCUT2D eigenvalue weighted by molar-refractivity contribution is -0.129. The van der Waals surface area contributed by atoms with E-state index in [4.69, 9.17) is 4.42 Å². The van der Waals surface area contributed by atoms with E-state index in [1.165, 1.54) is 0 Å². The zero-order valence-electron chi connectivity index (χ0n) is 16.5. The maximum Gasteiger partial charge on any atom is 0.222 e. The molecule has 1 atom stereocenters. The highest BCUT2D eigenvalue weighted by Crippen LogP contribution is 2.22. The lowest BCUT2D eigenvalue weighted by Crippen LogP contribution is -2.45. The van der Waals surface area contributed by atoms with Gasteiger partial charge in [0.1, 0.15) is 12.3 Å². The number of likely N-dealkylation sites (tertiary alicyclic amines) is 1. The van der Waals surface area contributed by atoms with Gasteiger partial charge in [-0.05, 0) is 13.3 Å². The number of carbonyl (C=O) groups is 1. The molecule has 1 aromatic heterocycles. The van der Waals surface area contributed by atoms with Crippen molar-refractivity contribution in [3.05, 3.63) is 17.8 Å². The van der Waals surface area contributed by atoms with Crippen LogP contribution in [0.15, 0.2) is 15.6 Å². The Hall–Kier alpha value is -1.32. The molecule has 8 heteroatoms. The maximum atomic E-state index is 11.8. The first kappa shape index (κ1) is 22.7. The van der Waals surface area contributed by atoms with Crippen molar-refractivity contribution < 1.29 is 9.21 Å². The van der Waals surface area contributed by atoms with Gasteiger partial charge in [-0.25, -0.2) is 9.98 Å². The third kappa shape index (κ3) is 6.44. The van der Waals surface area contributed by atoms with E-state index in [1.807, 2.05) is 18.7 Å². The SMILES string of the molecule is CCNC(=NCc1ncc(C(C)(C)C)o1)NC1CCN(C(=O)CC)C1.I. The van der Waals surface area contributed by atoms with Crippen LogP contribution in [0.1, 0.15) is 59.1 Å². The second-order valence-corrected chi connectivity index (χ2v) is 7.39. The Kier molecular flexibility index (Phi) is 8.85. The molecular formula is C18H32IN5O2. The van der Waals surface area contributed by atoms with Crippen molar-refractivity contribution in [1.29, 1.82) is 0 Å². The number of oxazole rings is 1. The van der Waals surface area contributed by atoms with Gasteiger partial charge in [-0.1, -0.05) is 27.7 Å². The number of nitrogens with zero attached hydrogens (tertiary/aromatic N) is 3. The van der Waals surface area contributed by atoms with Gasteiger partial charge in [-0.3, -0.25) is 4.79 Å². The minimum absolute atomic E-state index is 0. The average Bonchev–Trinajstić information content (AvgIpc) is 3.21.